The minimum absolute atomic E-state index is 0.0446. The van der Waals surface area contributed by atoms with Gasteiger partial charge in [0.15, 0.2) is 5.69 Å². The second-order valence-corrected chi connectivity index (χ2v) is 10.1. The molecule has 7 nitrogen and oxygen atoms in total. The molecule has 1 aliphatic rings. The fourth-order valence-corrected chi connectivity index (χ4v) is 5.29. The lowest BCUT2D eigenvalue weighted by atomic mass is 9.98. The van der Waals surface area contributed by atoms with Crippen LogP contribution >= 0.6 is 0 Å². The third kappa shape index (κ3) is 5.78. The highest BCUT2D eigenvalue weighted by molar-refractivity contribution is 7.91. The molecule has 3 rings (SSSR count). The van der Waals surface area contributed by atoms with E-state index in [4.69, 9.17) is 0 Å². The zero-order valence-corrected chi connectivity index (χ0v) is 18.2. The van der Waals surface area contributed by atoms with E-state index in [1.165, 1.54) is 17.0 Å². The van der Waals surface area contributed by atoms with Crippen molar-refractivity contribution >= 4 is 21.4 Å². The van der Waals surface area contributed by atoms with Gasteiger partial charge in [-0.2, -0.15) is 18.3 Å². The van der Waals surface area contributed by atoms with E-state index in [1.807, 2.05) is 5.10 Å². The van der Waals surface area contributed by atoms with Crippen LogP contribution in [0, 0.1) is 11.7 Å². The summed E-state index contributed by atoms with van der Waals surface area (Å²) in [6.07, 6.45) is -3.34. The Balaban J connectivity index is 1.82. The van der Waals surface area contributed by atoms with Crippen molar-refractivity contribution < 1.29 is 30.8 Å². The third-order valence-corrected chi connectivity index (χ3v) is 7.32. The Morgan fingerprint density at radius 3 is 2.56 bits per heavy atom. The van der Waals surface area contributed by atoms with Crippen LogP contribution < -0.4 is 5.32 Å². The van der Waals surface area contributed by atoms with Gasteiger partial charge in [-0.3, -0.25) is 9.89 Å². The maximum atomic E-state index is 14.5. The average Bonchev–Trinajstić information content (AvgIpc) is 3.23. The van der Waals surface area contributed by atoms with Gasteiger partial charge in [0.2, 0.25) is 0 Å². The van der Waals surface area contributed by atoms with Gasteiger partial charge in [0.1, 0.15) is 21.3 Å². The Bertz CT molecular complexity index is 1060. The molecule has 0 spiro atoms. The molecule has 1 fully saturated rings. The van der Waals surface area contributed by atoms with Crippen molar-refractivity contribution in [2.45, 2.75) is 32.0 Å². The highest BCUT2D eigenvalue weighted by Gasteiger charge is 2.35. The normalized spacial score (nSPS) is 16.7. The number of alkyl halides is 3. The van der Waals surface area contributed by atoms with Gasteiger partial charge in [-0.25, -0.2) is 12.8 Å². The van der Waals surface area contributed by atoms with Crippen molar-refractivity contribution in [2.24, 2.45) is 5.92 Å². The first-order valence-corrected chi connectivity index (χ1v) is 11.9. The van der Waals surface area contributed by atoms with Crippen LogP contribution in [0.5, 0.6) is 0 Å². The number of hydrogen-bond acceptors (Lipinski definition) is 5. The van der Waals surface area contributed by atoms with Gasteiger partial charge in [-0.05, 0) is 37.3 Å². The maximum Gasteiger partial charge on any atom is 0.432 e. The molecule has 0 bridgehead atoms. The highest BCUT2D eigenvalue weighted by atomic mass is 32.2. The molecule has 0 atom stereocenters. The molecular formula is C20H24F4N4O3S. The summed E-state index contributed by atoms with van der Waals surface area (Å²) in [6.45, 7) is -0.0594. The molecule has 0 radical (unpaired) electrons. The van der Waals surface area contributed by atoms with E-state index < -0.39 is 39.1 Å². The molecule has 1 aromatic heterocycles. The molecule has 32 heavy (non-hydrogen) atoms. The second-order valence-electron chi connectivity index (χ2n) is 7.79. The van der Waals surface area contributed by atoms with Crippen LogP contribution in [0.3, 0.4) is 0 Å². The number of carbonyl (C=O) groups is 1. The standard InChI is InChI=1S/C20H24F4N4O3S/c1-25-16-4-2-3-15(21)14(16)12-28(8-5-13-6-9-32(30,31)10-7-13)19(29)17-11-18(27-26-17)20(22,23)24/h2-4,11,13,25H,5-10,12H2,1H3,(H,26,27). The van der Waals surface area contributed by atoms with Crippen LogP contribution in [0.25, 0.3) is 0 Å². The minimum Gasteiger partial charge on any atom is -0.388 e. The Morgan fingerprint density at radius 1 is 1.28 bits per heavy atom. The first kappa shape index (κ1) is 24.0. The van der Waals surface area contributed by atoms with Crippen LogP contribution in [0.1, 0.15) is 41.0 Å². The summed E-state index contributed by atoms with van der Waals surface area (Å²) in [5.74, 6) is -1.15. The molecule has 0 unspecified atom stereocenters. The quantitative estimate of drug-likeness (QED) is 0.597. The zero-order valence-electron chi connectivity index (χ0n) is 17.4. The number of H-pyrrole nitrogens is 1. The lowest BCUT2D eigenvalue weighted by Gasteiger charge is -2.27. The van der Waals surface area contributed by atoms with E-state index >= 15 is 0 Å². The van der Waals surface area contributed by atoms with E-state index in [1.54, 1.807) is 13.1 Å². The first-order valence-electron chi connectivity index (χ1n) is 10.1. The van der Waals surface area contributed by atoms with Gasteiger partial charge in [0.25, 0.3) is 5.91 Å². The van der Waals surface area contributed by atoms with Crippen molar-refractivity contribution in [1.29, 1.82) is 0 Å². The van der Waals surface area contributed by atoms with Crippen molar-refractivity contribution in [3.63, 3.8) is 0 Å². The van der Waals surface area contributed by atoms with Crippen LogP contribution in [0.15, 0.2) is 24.3 Å². The molecule has 2 aromatic rings. The molecule has 2 N–H and O–H groups in total. The largest absolute Gasteiger partial charge is 0.432 e. The lowest BCUT2D eigenvalue weighted by Crippen LogP contribution is -2.34. The zero-order chi connectivity index (χ0) is 23.5. The van der Waals surface area contributed by atoms with E-state index in [0.717, 1.165) is 0 Å². The summed E-state index contributed by atoms with van der Waals surface area (Å²) >= 11 is 0. The molecule has 1 saturated heterocycles. The van der Waals surface area contributed by atoms with Gasteiger partial charge in [-0.1, -0.05) is 6.07 Å². The maximum absolute atomic E-state index is 14.5. The Hall–Kier alpha value is -2.63. The number of carbonyl (C=O) groups excluding carboxylic acids is 1. The van der Waals surface area contributed by atoms with Crippen molar-refractivity contribution in [1.82, 2.24) is 15.1 Å². The number of nitrogens with zero attached hydrogens (tertiary/aromatic N) is 2. The lowest BCUT2D eigenvalue weighted by molar-refractivity contribution is -0.141. The van der Waals surface area contributed by atoms with Crippen LogP contribution in [0.4, 0.5) is 23.2 Å². The summed E-state index contributed by atoms with van der Waals surface area (Å²) < 4.78 is 76.5. The van der Waals surface area contributed by atoms with Gasteiger partial charge >= 0.3 is 6.18 Å². The molecule has 176 valence electrons. The highest BCUT2D eigenvalue weighted by Crippen LogP contribution is 2.29. The van der Waals surface area contributed by atoms with E-state index in [2.05, 4.69) is 10.4 Å². The van der Waals surface area contributed by atoms with Crippen LogP contribution in [0.2, 0.25) is 0 Å². The van der Waals surface area contributed by atoms with Crippen molar-refractivity contribution in [3.8, 4) is 0 Å². The molecule has 0 aliphatic carbocycles. The van der Waals surface area contributed by atoms with Gasteiger partial charge in [0.05, 0.1) is 18.1 Å². The molecule has 1 amide bonds. The molecule has 12 heteroatoms. The Labute approximate surface area is 183 Å². The van der Waals surface area contributed by atoms with Crippen LogP contribution in [-0.4, -0.2) is 54.5 Å². The van der Waals surface area contributed by atoms with Crippen molar-refractivity contribution in [3.05, 3.63) is 47.0 Å². The van der Waals surface area contributed by atoms with Gasteiger partial charge in [-0.15, -0.1) is 0 Å². The number of rotatable bonds is 7. The van der Waals surface area contributed by atoms with Crippen molar-refractivity contribution in [2.75, 3.05) is 30.4 Å². The minimum atomic E-state index is -4.69. The van der Waals surface area contributed by atoms with Crippen LogP contribution in [-0.2, 0) is 22.6 Å². The van der Waals surface area contributed by atoms with Gasteiger partial charge < -0.3 is 10.2 Å². The number of anilines is 1. The SMILES string of the molecule is CNc1cccc(F)c1CN(CCC1CCS(=O)(=O)CC1)C(=O)c1cc(C(F)(F)F)[nH]n1. The number of amides is 1. The number of benzene rings is 1. The molecule has 1 aliphatic heterocycles. The number of aromatic nitrogens is 2. The first-order chi connectivity index (χ1) is 15.0. The predicted octanol–water partition coefficient (Wildman–Crippen LogP) is 3.47. The van der Waals surface area contributed by atoms with Gasteiger partial charge in [0, 0.05) is 30.9 Å². The summed E-state index contributed by atoms with van der Waals surface area (Å²) in [7, 11) is -1.45. The molecular weight excluding hydrogens is 452 g/mol. The number of sulfone groups is 1. The second kappa shape index (κ2) is 9.47. The fraction of sp³-hybridized carbons (Fsp3) is 0.500. The van der Waals surface area contributed by atoms with E-state index in [-0.39, 0.29) is 36.1 Å². The third-order valence-electron chi connectivity index (χ3n) is 5.61. The number of aromatic amines is 1. The van der Waals surface area contributed by atoms with E-state index in [9.17, 15) is 30.8 Å². The average molecular weight is 476 g/mol. The Kier molecular flexibility index (Phi) is 7.11. The smallest absolute Gasteiger partial charge is 0.388 e. The number of hydrogen-bond donors (Lipinski definition) is 2. The summed E-state index contributed by atoms with van der Waals surface area (Å²) in [4.78, 5) is 14.3. The predicted molar refractivity (Wildman–Crippen MR) is 110 cm³/mol. The Morgan fingerprint density at radius 2 is 1.97 bits per heavy atom. The topological polar surface area (TPSA) is 95.2 Å². The summed E-state index contributed by atoms with van der Waals surface area (Å²) in [6, 6.07) is 5.00. The summed E-state index contributed by atoms with van der Waals surface area (Å²) in [5, 5.41) is 8.16. The summed E-state index contributed by atoms with van der Waals surface area (Å²) in [5.41, 5.74) is -0.934. The number of nitrogens with one attached hydrogen (secondary N) is 2. The fourth-order valence-electron chi connectivity index (χ4n) is 3.70. The van der Waals surface area contributed by atoms with E-state index in [0.29, 0.717) is 31.0 Å². The molecule has 0 saturated carbocycles. The number of halogens is 4. The monoisotopic (exact) mass is 476 g/mol. The molecule has 1 aromatic carbocycles. The molecule has 2 heterocycles.